The largest absolute Gasteiger partial charge is 0.450 e. The van der Waals surface area contributed by atoms with E-state index in [9.17, 15) is 4.79 Å². The van der Waals surface area contributed by atoms with Crippen molar-refractivity contribution in [2.24, 2.45) is 5.92 Å². The fourth-order valence-corrected chi connectivity index (χ4v) is 1.66. The van der Waals surface area contributed by atoms with Crippen LogP contribution in [0, 0.1) is 5.92 Å². The van der Waals surface area contributed by atoms with Gasteiger partial charge >= 0.3 is 6.09 Å². The minimum atomic E-state index is -0.507. The fourth-order valence-electron chi connectivity index (χ4n) is 1.49. The molecule has 6 heteroatoms. The van der Waals surface area contributed by atoms with E-state index in [4.69, 9.17) is 21.7 Å². The van der Waals surface area contributed by atoms with Gasteiger partial charge in [-0.3, -0.25) is 5.32 Å². The molecule has 16 heavy (non-hydrogen) atoms. The molecule has 2 N–H and O–H groups in total. The molecule has 0 aromatic carbocycles. The lowest BCUT2D eigenvalue weighted by atomic mass is 10.0. The summed E-state index contributed by atoms with van der Waals surface area (Å²) in [7, 11) is 0. The molecule has 92 valence electrons. The fraction of sp³-hybridized carbons (Fsp3) is 0.800. The average molecular weight is 246 g/mol. The maximum Gasteiger partial charge on any atom is 0.413 e. The number of thiocarbonyl (C=S) groups is 1. The number of carbonyl (C=O) groups is 1. The topological polar surface area (TPSA) is 59.6 Å². The Morgan fingerprint density at radius 2 is 2.19 bits per heavy atom. The Hall–Kier alpha value is -0.880. The number of rotatable bonds is 3. The summed E-state index contributed by atoms with van der Waals surface area (Å²) in [5.41, 5.74) is 0. The number of ether oxygens (including phenoxy) is 2. The molecular formula is C10H18N2O3S. The highest BCUT2D eigenvalue weighted by molar-refractivity contribution is 7.80. The molecule has 0 aromatic rings. The zero-order valence-corrected chi connectivity index (χ0v) is 10.3. The van der Waals surface area contributed by atoms with Crippen molar-refractivity contribution >= 4 is 23.4 Å². The lowest BCUT2D eigenvalue weighted by Gasteiger charge is -2.22. The number of amides is 1. The summed E-state index contributed by atoms with van der Waals surface area (Å²) < 4.78 is 9.96. The van der Waals surface area contributed by atoms with Crippen molar-refractivity contribution in [2.45, 2.75) is 19.8 Å². The van der Waals surface area contributed by atoms with E-state index in [1.807, 2.05) is 0 Å². The number of alkyl carbamates (subject to hydrolysis) is 1. The van der Waals surface area contributed by atoms with Crippen molar-refractivity contribution in [1.82, 2.24) is 10.6 Å². The van der Waals surface area contributed by atoms with Crippen molar-refractivity contribution in [1.29, 1.82) is 0 Å². The van der Waals surface area contributed by atoms with Crippen molar-refractivity contribution in [3.05, 3.63) is 0 Å². The molecule has 5 nitrogen and oxygen atoms in total. The highest BCUT2D eigenvalue weighted by atomic mass is 32.1. The molecule has 0 unspecified atom stereocenters. The minimum absolute atomic E-state index is 0.324. The Bertz CT molecular complexity index is 242. The molecule has 1 fully saturated rings. The van der Waals surface area contributed by atoms with Crippen LogP contribution < -0.4 is 10.6 Å². The second-order valence-electron chi connectivity index (χ2n) is 3.61. The van der Waals surface area contributed by atoms with Crippen LogP contribution in [0.1, 0.15) is 19.8 Å². The highest BCUT2D eigenvalue weighted by Crippen LogP contribution is 2.12. The van der Waals surface area contributed by atoms with Gasteiger partial charge in [0.25, 0.3) is 0 Å². The second-order valence-corrected chi connectivity index (χ2v) is 4.02. The van der Waals surface area contributed by atoms with Crippen LogP contribution in [-0.2, 0) is 9.47 Å². The van der Waals surface area contributed by atoms with Gasteiger partial charge in [-0.2, -0.15) is 0 Å². The summed E-state index contributed by atoms with van der Waals surface area (Å²) in [5.74, 6) is 0.565. The normalized spacial score (nSPS) is 16.6. The Labute approximate surface area is 101 Å². The van der Waals surface area contributed by atoms with Crippen molar-refractivity contribution in [3.63, 3.8) is 0 Å². The first-order chi connectivity index (χ1) is 7.72. The van der Waals surface area contributed by atoms with Crippen LogP contribution in [0.5, 0.6) is 0 Å². The Morgan fingerprint density at radius 3 is 2.81 bits per heavy atom. The molecule has 1 aliphatic heterocycles. The summed E-state index contributed by atoms with van der Waals surface area (Å²) in [6.07, 6.45) is 1.57. The van der Waals surface area contributed by atoms with Gasteiger partial charge in [0.05, 0.1) is 6.61 Å². The third-order valence-electron chi connectivity index (χ3n) is 2.38. The molecular weight excluding hydrogens is 228 g/mol. The molecule has 0 atom stereocenters. The number of hydrogen-bond donors (Lipinski definition) is 2. The first kappa shape index (κ1) is 13.2. The quantitative estimate of drug-likeness (QED) is 0.728. The summed E-state index contributed by atoms with van der Waals surface area (Å²) in [6, 6.07) is 0. The van der Waals surface area contributed by atoms with Crippen LogP contribution in [-0.4, -0.2) is 37.6 Å². The summed E-state index contributed by atoms with van der Waals surface area (Å²) in [6.45, 7) is 4.48. The SMILES string of the molecule is CCOC(=O)NC(=S)NCC1CCOCC1. The molecule has 0 bridgehead atoms. The van der Waals surface area contributed by atoms with E-state index >= 15 is 0 Å². The van der Waals surface area contributed by atoms with Crippen LogP contribution in [0.3, 0.4) is 0 Å². The Balaban J connectivity index is 2.11. The van der Waals surface area contributed by atoms with Crippen LogP contribution in [0.25, 0.3) is 0 Å². The Kier molecular flexibility index (Phi) is 6.10. The summed E-state index contributed by atoms with van der Waals surface area (Å²) in [5, 5.41) is 5.78. The van der Waals surface area contributed by atoms with E-state index in [0.29, 0.717) is 17.6 Å². The smallest absolute Gasteiger partial charge is 0.413 e. The molecule has 1 heterocycles. The van der Waals surface area contributed by atoms with Crippen LogP contribution in [0.15, 0.2) is 0 Å². The van der Waals surface area contributed by atoms with E-state index in [2.05, 4.69) is 10.6 Å². The van der Waals surface area contributed by atoms with Crippen LogP contribution in [0.2, 0.25) is 0 Å². The maximum atomic E-state index is 11.0. The number of nitrogens with one attached hydrogen (secondary N) is 2. The number of hydrogen-bond acceptors (Lipinski definition) is 4. The van der Waals surface area contributed by atoms with Crippen molar-refractivity contribution in [3.8, 4) is 0 Å². The van der Waals surface area contributed by atoms with Gasteiger partial charge in [0.1, 0.15) is 0 Å². The zero-order valence-electron chi connectivity index (χ0n) is 9.45. The molecule has 1 saturated heterocycles. The highest BCUT2D eigenvalue weighted by Gasteiger charge is 2.14. The number of carbonyl (C=O) groups excluding carboxylic acids is 1. The minimum Gasteiger partial charge on any atom is -0.450 e. The molecule has 1 rings (SSSR count). The third-order valence-corrected chi connectivity index (χ3v) is 2.63. The first-order valence-electron chi connectivity index (χ1n) is 5.51. The van der Waals surface area contributed by atoms with Gasteiger partial charge in [0, 0.05) is 19.8 Å². The third kappa shape index (κ3) is 5.27. The van der Waals surface area contributed by atoms with Gasteiger partial charge in [-0.1, -0.05) is 0 Å². The molecule has 0 saturated carbocycles. The van der Waals surface area contributed by atoms with E-state index in [-0.39, 0.29) is 0 Å². The molecule has 0 aromatic heterocycles. The monoisotopic (exact) mass is 246 g/mol. The van der Waals surface area contributed by atoms with Crippen LogP contribution >= 0.6 is 12.2 Å². The predicted octanol–water partition coefficient (Wildman–Crippen LogP) is 1.03. The van der Waals surface area contributed by atoms with Gasteiger partial charge in [0.15, 0.2) is 5.11 Å². The lowest BCUT2D eigenvalue weighted by Crippen LogP contribution is -2.42. The lowest BCUT2D eigenvalue weighted by molar-refractivity contribution is 0.0675. The van der Waals surface area contributed by atoms with Crippen LogP contribution in [0.4, 0.5) is 4.79 Å². The van der Waals surface area contributed by atoms with E-state index < -0.39 is 6.09 Å². The molecule has 0 radical (unpaired) electrons. The molecule has 1 amide bonds. The zero-order chi connectivity index (χ0) is 11.8. The summed E-state index contributed by atoms with van der Waals surface area (Å²) in [4.78, 5) is 11.0. The Morgan fingerprint density at radius 1 is 1.50 bits per heavy atom. The predicted molar refractivity (Wildman–Crippen MR) is 64.3 cm³/mol. The maximum absolute atomic E-state index is 11.0. The van der Waals surface area contributed by atoms with E-state index in [0.717, 1.165) is 32.6 Å². The second kappa shape index (κ2) is 7.40. The molecule has 0 spiro atoms. The average Bonchev–Trinajstić information content (AvgIpc) is 2.28. The van der Waals surface area contributed by atoms with E-state index in [1.54, 1.807) is 6.92 Å². The van der Waals surface area contributed by atoms with Crippen molar-refractivity contribution < 1.29 is 14.3 Å². The van der Waals surface area contributed by atoms with Gasteiger partial charge < -0.3 is 14.8 Å². The van der Waals surface area contributed by atoms with Gasteiger partial charge in [-0.05, 0) is 37.9 Å². The van der Waals surface area contributed by atoms with Gasteiger partial charge in [-0.15, -0.1) is 0 Å². The van der Waals surface area contributed by atoms with Gasteiger partial charge in [0.2, 0.25) is 0 Å². The van der Waals surface area contributed by atoms with Gasteiger partial charge in [-0.25, -0.2) is 4.79 Å². The first-order valence-corrected chi connectivity index (χ1v) is 5.92. The molecule has 0 aliphatic carbocycles. The molecule has 1 aliphatic rings. The van der Waals surface area contributed by atoms with E-state index in [1.165, 1.54) is 0 Å². The standard InChI is InChI=1S/C10H18N2O3S/c1-2-15-10(13)12-9(16)11-7-8-3-5-14-6-4-8/h8H,2-7H2,1H3,(H2,11,12,13,16). The van der Waals surface area contributed by atoms with Crippen molar-refractivity contribution in [2.75, 3.05) is 26.4 Å². The summed E-state index contributed by atoms with van der Waals surface area (Å²) >= 11 is 4.96.